The number of ether oxygens (including phenoxy) is 1. The topological polar surface area (TPSA) is 79.7 Å². The van der Waals surface area contributed by atoms with Crippen molar-refractivity contribution in [1.29, 1.82) is 0 Å². The van der Waals surface area contributed by atoms with Gasteiger partial charge in [-0.15, -0.1) is 11.3 Å². The number of carbonyl (C=O) groups is 2. The summed E-state index contributed by atoms with van der Waals surface area (Å²) in [6.07, 6.45) is 1.69. The van der Waals surface area contributed by atoms with Crippen molar-refractivity contribution in [3.63, 3.8) is 0 Å². The Kier molecular flexibility index (Phi) is 5.47. The van der Waals surface area contributed by atoms with Crippen LogP contribution in [-0.4, -0.2) is 37.7 Å². The molecule has 0 radical (unpaired) electrons. The summed E-state index contributed by atoms with van der Waals surface area (Å²) in [5.41, 5.74) is 3.43. The minimum absolute atomic E-state index is 0.252. The van der Waals surface area contributed by atoms with E-state index in [0.717, 1.165) is 27.9 Å². The van der Waals surface area contributed by atoms with E-state index in [1.165, 1.54) is 11.3 Å². The molecule has 2 heterocycles. The molecule has 3 rings (SSSR count). The maximum Gasteiger partial charge on any atom is 0.323 e. The molecular weight excluding hydrogens is 380 g/mol. The largest absolute Gasteiger partial charge is 0.487 e. The summed E-state index contributed by atoms with van der Waals surface area (Å²) in [5, 5.41) is 10.8. The van der Waals surface area contributed by atoms with E-state index in [9.17, 15) is 9.59 Å². The Bertz CT molecular complexity index is 832. The fourth-order valence-electron chi connectivity index (χ4n) is 2.05. The lowest BCUT2D eigenvalue weighted by atomic mass is 10.2. The summed E-state index contributed by atoms with van der Waals surface area (Å²) in [5.74, 6) is -0.788. The number of rotatable bonds is 6. The van der Waals surface area contributed by atoms with Crippen molar-refractivity contribution in [1.82, 2.24) is 9.88 Å². The highest BCUT2D eigenvalue weighted by Crippen LogP contribution is 2.32. The van der Waals surface area contributed by atoms with Gasteiger partial charge in [-0.25, -0.2) is 4.98 Å². The minimum Gasteiger partial charge on any atom is -0.487 e. The zero-order valence-electron chi connectivity index (χ0n) is 12.7. The summed E-state index contributed by atoms with van der Waals surface area (Å²) < 4.78 is 5.88. The normalized spacial score (nSPS) is 15.8. The van der Waals surface area contributed by atoms with Crippen LogP contribution in [0.4, 0.5) is 0 Å². The van der Waals surface area contributed by atoms with E-state index >= 15 is 0 Å². The third kappa shape index (κ3) is 4.44. The number of aliphatic carboxylic acids is 1. The average molecular weight is 392 g/mol. The second kappa shape index (κ2) is 7.77. The summed E-state index contributed by atoms with van der Waals surface area (Å²) in [6, 6.07) is 7.24. The number of hydrogen-bond acceptors (Lipinski definition) is 7. The molecule has 0 saturated carbocycles. The van der Waals surface area contributed by atoms with Gasteiger partial charge in [0.2, 0.25) is 0 Å². The molecule has 6 nitrogen and oxygen atoms in total. The van der Waals surface area contributed by atoms with Crippen LogP contribution in [-0.2, 0) is 16.2 Å². The molecule has 1 aliphatic heterocycles. The lowest BCUT2D eigenvalue weighted by Crippen LogP contribution is -2.33. The molecule has 25 heavy (non-hydrogen) atoms. The Labute approximate surface area is 157 Å². The van der Waals surface area contributed by atoms with Gasteiger partial charge in [0.05, 0.1) is 16.1 Å². The van der Waals surface area contributed by atoms with Gasteiger partial charge in [0, 0.05) is 5.38 Å². The lowest BCUT2D eigenvalue weighted by molar-refractivity contribution is -0.140. The van der Waals surface area contributed by atoms with Gasteiger partial charge in [-0.05, 0) is 23.8 Å². The quantitative estimate of drug-likeness (QED) is 0.598. The molecule has 1 N–H and O–H groups in total. The lowest BCUT2D eigenvalue weighted by Gasteiger charge is -2.10. The van der Waals surface area contributed by atoms with Gasteiger partial charge in [-0.2, -0.15) is 0 Å². The number of thiazole rings is 1. The molecule has 2 aromatic rings. The predicted molar refractivity (Wildman–Crippen MR) is 100 cm³/mol. The molecule has 0 bridgehead atoms. The van der Waals surface area contributed by atoms with Gasteiger partial charge < -0.3 is 9.84 Å². The van der Waals surface area contributed by atoms with Crippen molar-refractivity contribution in [3.05, 3.63) is 51.3 Å². The van der Waals surface area contributed by atoms with Crippen LogP contribution in [0.3, 0.4) is 0 Å². The molecule has 1 fully saturated rings. The van der Waals surface area contributed by atoms with Crippen LogP contribution in [0.25, 0.3) is 6.08 Å². The fraction of sp³-hybridized carbons (Fsp3) is 0.125. The van der Waals surface area contributed by atoms with Crippen LogP contribution in [0.2, 0.25) is 0 Å². The molecule has 1 aromatic heterocycles. The molecule has 0 unspecified atom stereocenters. The van der Waals surface area contributed by atoms with Crippen molar-refractivity contribution in [2.24, 2.45) is 0 Å². The van der Waals surface area contributed by atoms with E-state index in [4.69, 9.17) is 22.1 Å². The first-order valence-corrected chi connectivity index (χ1v) is 9.27. The second-order valence-corrected chi connectivity index (χ2v) is 7.39. The van der Waals surface area contributed by atoms with E-state index in [2.05, 4.69) is 4.98 Å². The van der Waals surface area contributed by atoms with Gasteiger partial charge in [-0.3, -0.25) is 14.5 Å². The van der Waals surface area contributed by atoms with Crippen molar-refractivity contribution in [3.8, 4) is 5.75 Å². The summed E-state index contributed by atoms with van der Waals surface area (Å²) in [4.78, 5) is 28.6. The zero-order valence-corrected chi connectivity index (χ0v) is 15.2. The average Bonchev–Trinajstić information content (AvgIpc) is 3.18. The van der Waals surface area contributed by atoms with Crippen LogP contribution in [0.15, 0.2) is 40.1 Å². The molecule has 1 amide bonds. The number of aromatic nitrogens is 1. The standard InChI is InChI=1S/C16H12N2O4S3/c19-14(20)6-18-15(21)13(25-16(18)23)5-10-1-3-12(4-2-10)22-7-11-8-24-9-17-11/h1-5,8-9H,6-7H2,(H,19,20)/b13-5-. The molecule has 0 spiro atoms. The summed E-state index contributed by atoms with van der Waals surface area (Å²) in [7, 11) is 0. The van der Waals surface area contributed by atoms with Gasteiger partial charge in [0.1, 0.15) is 23.2 Å². The van der Waals surface area contributed by atoms with E-state index < -0.39 is 12.5 Å². The first-order valence-electron chi connectivity index (χ1n) is 7.10. The SMILES string of the molecule is O=C(O)CN1C(=O)/C(=C/c2ccc(OCc3cscn3)cc2)SC1=S. The highest BCUT2D eigenvalue weighted by molar-refractivity contribution is 8.26. The number of benzene rings is 1. The maximum absolute atomic E-state index is 12.2. The molecule has 9 heteroatoms. The van der Waals surface area contributed by atoms with Crippen molar-refractivity contribution >= 4 is 57.6 Å². The van der Waals surface area contributed by atoms with Crippen LogP contribution >= 0.6 is 35.3 Å². The number of nitrogens with zero attached hydrogens (tertiary/aromatic N) is 2. The molecule has 1 aromatic carbocycles. The monoisotopic (exact) mass is 392 g/mol. The second-order valence-electron chi connectivity index (χ2n) is 5.00. The number of thioether (sulfide) groups is 1. The zero-order chi connectivity index (χ0) is 17.8. The first-order chi connectivity index (χ1) is 12.0. The third-order valence-corrected chi connectivity index (χ3v) is 5.23. The third-order valence-electron chi connectivity index (χ3n) is 3.22. The van der Waals surface area contributed by atoms with Crippen LogP contribution < -0.4 is 4.74 Å². The van der Waals surface area contributed by atoms with Gasteiger partial charge >= 0.3 is 5.97 Å². The van der Waals surface area contributed by atoms with E-state index in [0.29, 0.717) is 17.3 Å². The Hall–Kier alpha value is -2.23. The Morgan fingerprint density at radius 1 is 1.36 bits per heavy atom. The minimum atomic E-state index is -1.10. The number of amides is 1. The van der Waals surface area contributed by atoms with Crippen molar-refractivity contribution < 1.29 is 19.4 Å². The van der Waals surface area contributed by atoms with E-state index in [1.54, 1.807) is 23.7 Å². The van der Waals surface area contributed by atoms with Gasteiger partial charge in [0.15, 0.2) is 0 Å². The van der Waals surface area contributed by atoms with Gasteiger partial charge in [-0.1, -0.05) is 36.1 Å². The molecular formula is C16H12N2O4S3. The Morgan fingerprint density at radius 2 is 2.12 bits per heavy atom. The van der Waals surface area contributed by atoms with Gasteiger partial charge in [0.25, 0.3) is 5.91 Å². The Balaban J connectivity index is 1.66. The number of carbonyl (C=O) groups excluding carboxylic acids is 1. The summed E-state index contributed by atoms with van der Waals surface area (Å²) in [6.45, 7) is -0.0257. The van der Waals surface area contributed by atoms with Crippen LogP contribution in [0.1, 0.15) is 11.3 Å². The fourth-order valence-corrected chi connectivity index (χ4v) is 3.85. The predicted octanol–water partition coefficient (Wildman–Crippen LogP) is 3.01. The number of thiocarbonyl (C=S) groups is 1. The van der Waals surface area contributed by atoms with Crippen LogP contribution in [0, 0.1) is 0 Å². The molecule has 128 valence electrons. The highest BCUT2D eigenvalue weighted by atomic mass is 32.2. The van der Waals surface area contributed by atoms with E-state index in [1.807, 2.05) is 17.5 Å². The van der Waals surface area contributed by atoms with Crippen molar-refractivity contribution in [2.75, 3.05) is 6.54 Å². The van der Waals surface area contributed by atoms with Crippen LogP contribution in [0.5, 0.6) is 5.75 Å². The van der Waals surface area contributed by atoms with Crippen molar-refractivity contribution in [2.45, 2.75) is 6.61 Å². The molecule has 1 saturated heterocycles. The molecule has 0 atom stereocenters. The molecule has 0 aliphatic carbocycles. The molecule has 1 aliphatic rings. The smallest absolute Gasteiger partial charge is 0.323 e. The Morgan fingerprint density at radius 3 is 2.76 bits per heavy atom. The summed E-state index contributed by atoms with van der Waals surface area (Å²) >= 11 is 7.68. The van der Waals surface area contributed by atoms with E-state index in [-0.39, 0.29) is 10.2 Å². The highest BCUT2D eigenvalue weighted by Gasteiger charge is 2.33. The number of carboxylic acid groups (broad SMARTS) is 1. The number of hydrogen-bond donors (Lipinski definition) is 1. The first kappa shape index (κ1) is 17.6. The maximum atomic E-state index is 12.2. The number of carboxylic acids is 1.